The van der Waals surface area contributed by atoms with Crippen LogP contribution >= 0.6 is 0 Å². The maximum Gasteiger partial charge on any atom is 0.410 e. The lowest BCUT2D eigenvalue weighted by atomic mass is 9.98. The van der Waals surface area contributed by atoms with Gasteiger partial charge in [0.25, 0.3) is 0 Å². The van der Waals surface area contributed by atoms with Crippen molar-refractivity contribution in [2.24, 2.45) is 4.99 Å². The van der Waals surface area contributed by atoms with Crippen molar-refractivity contribution < 1.29 is 9.53 Å². The zero-order chi connectivity index (χ0) is 21.0. The summed E-state index contributed by atoms with van der Waals surface area (Å²) in [6.07, 6.45) is 7.68. The third-order valence-corrected chi connectivity index (χ3v) is 5.38. The van der Waals surface area contributed by atoms with Gasteiger partial charge in [-0.25, -0.2) is 4.79 Å². The van der Waals surface area contributed by atoms with Crippen molar-refractivity contribution in [1.29, 1.82) is 0 Å². The summed E-state index contributed by atoms with van der Waals surface area (Å²) in [6, 6.07) is 0.808. The predicted molar refractivity (Wildman–Crippen MR) is 114 cm³/mol. The van der Waals surface area contributed by atoms with Crippen LogP contribution in [-0.4, -0.2) is 63.5 Å². The van der Waals surface area contributed by atoms with E-state index in [1.165, 1.54) is 0 Å². The summed E-state index contributed by atoms with van der Waals surface area (Å²) in [5.74, 6) is 0.839. The van der Waals surface area contributed by atoms with Crippen molar-refractivity contribution in [3.05, 3.63) is 18.0 Å². The van der Waals surface area contributed by atoms with Crippen LogP contribution in [0.3, 0.4) is 0 Å². The fourth-order valence-electron chi connectivity index (χ4n) is 4.27. The molecule has 0 aliphatic carbocycles. The molecule has 2 saturated heterocycles. The number of carbonyl (C=O) groups is 1. The van der Waals surface area contributed by atoms with Crippen LogP contribution in [0.15, 0.2) is 17.4 Å². The van der Waals surface area contributed by atoms with E-state index in [0.29, 0.717) is 12.6 Å². The van der Waals surface area contributed by atoms with Crippen LogP contribution in [0.25, 0.3) is 0 Å². The highest BCUT2D eigenvalue weighted by Crippen LogP contribution is 2.36. The molecule has 3 rings (SSSR count). The molecule has 8 nitrogen and oxygen atoms in total. The number of guanidine groups is 1. The van der Waals surface area contributed by atoms with Crippen LogP contribution in [0.4, 0.5) is 4.79 Å². The zero-order valence-corrected chi connectivity index (χ0v) is 18.4. The first kappa shape index (κ1) is 21.5. The van der Waals surface area contributed by atoms with Gasteiger partial charge in [-0.1, -0.05) is 0 Å². The normalized spacial score (nSPS) is 24.5. The molecule has 0 spiro atoms. The van der Waals surface area contributed by atoms with Crippen molar-refractivity contribution >= 4 is 12.1 Å². The standard InChI is InChI=1S/C21H36N6O2/c1-6-22-19(23-9-10-26-14-15(2)13-24-26)25-16-11-17-7-8-18(12-16)27(17)20(28)29-21(3,4)5/h13-14,16-18H,6-12H2,1-5H3,(H2,22,23,25). The highest BCUT2D eigenvalue weighted by molar-refractivity contribution is 5.80. The number of aliphatic imine (C=N–C) groups is 1. The molecule has 1 aromatic rings. The molecule has 1 amide bonds. The van der Waals surface area contributed by atoms with E-state index in [1.54, 1.807) is 0 Å². The van der Waals surface area contributed by atoms with E-state index < -0.39 is 5.60 Å². The Bertz CT molecular complexity index is 709. The van der Waals surface area contributed by atoms with E-state index in [1.807, 2.05) is 49.7 Å². The third-order valence-electron chi connectivity index (χ3n) is 5.38. The number of aryl methyl sites for hydroxylation is 1. The van der Waals surface area contributed by atoms with E-state index in [4.69, 9.17) is 9.73 Å². The maximum absolute atomic E-state index is 12.6. The molecule has 0 aromatic carbocycles. The lowest BCUT2D eigenvalue weighted by Crippen LogP contribution is -2.55. The Morgan fingerprint density at radius 2 is 2.00 bits per heavy atom. The second-order valence-electron chi connectivity index (χ2n) is 9.13. The summed E-state index contributed by atoms with van der Waals surface area (Å²) in [5.41, 5.74) is 0.704. The fourth-order valence-corrected chi connectivity index (χ4v) is 4.27. The molecule has 1 aromatic heterocycles. The van der Waals surface area contributed by atoms with Crippen molar-refractivity contribution in [1.82, 2.24) is 25.3 Å². The Morgan fingerprint density at radius 1 is 1.31 bits per heavy atom. The summed E-state index contributed by atoms with van der Waals surface area (Å²) in [7, 11) is 0. The number of fused-ring (bicyclic) bond motifs is 2. The Labute approximate surface area is 174 Å². The van der Waals surface area contributed by atoms with E-state index >= 15 is 0 Å². The average molecular weight is 405 g/mol. The predicted octanol–water partition coefficient (Wildman–Crippen LogP) is 2.68. The Hall–Kier alpha value is -2.25. The van der Waals surface area contributed by atoms with E-state index in [0.717, 1.165) is 50.3 Å². The molecule has 2 atom stereocenters. The van der Waals surface area contributed by atoms with Crippen molar-refractivity contribution in [3.63, 3.8) is 0 Å². The van der Waals surface area contributed by atoms with Gasteiger partial charge in [0, 0.05) is 30.9 Å². The van der Waals surface area contributed by atoms with Gasteiger partial charge in [0.2, 0.25) is 0 Å². The molecule has 2 aliphatic heterocycles. The lowest BCUT2D eigenvalue weighted by molar-refractivity contribution is 0.00545. The first-order valence-electron chi connectivity index (χ1n) is 10.8. The number of rotatable bonds is 5. The van der Waals surface area contributed by atoms with E-state index in [-0.39, 0.29) is 18.2 Å². The van der Waals surface area contributed by atoms with Crippen LogP contribution in [0.2, 0.25) is 0 Å². The number of hydrogen-bond donors (Lipinski definition) is 2. The largest absolute Gasteiger partial charge is 0.444 e. The molecule has 2 fully saturated rings. The number of aromatic nitrogens is 2. The molecule has 2 N–H and O–H groups in total. The minimum Gasteiger partial charge on any atom is -0.444 e. The number of hydrogen-bond acceptors (Lipinski definition) is 4. The Kier molecular flexibility index (Phi) is 6.70. The van der Waals surface area contributed by atoms with Gasteiger partial charge < -0.3 is 20.3 Å². The molecule has 2 aliphatic rings. The highest BCUT2D eigenvalue weighted by Gasteiger charge is 2.45. The van der Waals surface area contributed by atoms with E-state index in [9.17, 15) is 4.79 Å². The molecule has 8 heteroatoms. The van der Waals surface area contributed by atoms with Gasteiger partial charge in [0.05, 0.1) is 19.3 Å². The smallest absolute Gasteiger partial charge is 0.410 e. The van der Waals surface area contributed by atoms with Crippen molar-refractivity contribution in [2.45, 2.75) is 90.6 Å². The molecule has 0 radical (unpaired) electrons. The van der Waals surface area contributed by atoms with Crippen LogP contribution in [0, 0.1) is 6.92 Å². The Morgan fingerprint density at radius 3 is 2.55 bits per heavy atom. The molecule has 162 valence electrons. The van der Waals surface area contributed by atoms with Gasteiger partial charge in [-0.2, -0.15) is 5.10 Å². The molecular formula is C21H36N6O2. The summed E-state index contributed by atoms with van der Waals surface area (Å²) in [6.45, 7) is 12.1. The topological polar surface area (TPSA) is 83.8 Å². The van der Waals surface area contributed by atoms with Crippen molar-refractivity contribution in [2.75, 3.05) is 13.1 Å². The minimum absolute atomic E-state index is 0.168. The molecule has 3 heterocycles. The lowest BCUT2D eigenvalue weighted by Gasteiger charge is -2.40. The molecule has 2 bridgehead atoms. The monoisotopic (exact) mass is 404 g/mol. The van der Waals surface area contributed by atoms with Crippen LogP contribution in [-0.2, 0) is 11.3 Å². The van der Waals surface area contributed by atoms with Crippen LogP contribution < -0.4 is 10.6 Å². The Balaban J connectivity index is 1.55. The summed E-state index contributed by atoms with van der Waals surface area (Å²) in [5, 5.41) is 11.2. The van der Waals surface area contributed by atoms with Gasteiger partial charge >= 0.3 is 6.09 Å². The summed E-state index contributed by atoms with van der Waals surface area (Å²) in [4.78, 5) is 19.3. The van der Waals surface area contributed by atoms with Gasteiger partial charge in [-0.15, -0.1) is 0 Å². The number of nitrogens with zero attached hydrogens (tertiary/aromatic N) is 4. The zero-order valence-electron chi connectivity index (χ0n) is 18.4. The number of carbonyl (C=O) groups excluding carboxylic acids is 1. The van der Waals surface area contributed by atoms with Crippen LogP contribution in [0.5, 0.6) is 0 Å². The average Bonchev–Trinajstić information content (AvgIpc) is 3.14. The van der Waals surface area contributed by atoms with Gasteiger partial charge in [-0.05, 0) is 65.9 Å². The number of ether oxygens (including phenoxy) is 1. The van der Waals surface area contributed by atoms with Gasteiger partial charge in [0.15, 0.2) is 5.96 Å². The molecular weight excluding hydrogens is 368 g/mol. The fraction of sp³-hybridized carbons (Fsp3) is 0.762. The van der Waals surface area contributed by atoms with Crippen molar-refractivity contribution in [3.8, 4) is 0 Å². The number of nitrogens with one attached hydrogen (secondary N) is 2. The maximum atomic E-state index is 12.6. The molecule has 0 saturated carbocycles. The molecule has 2 unspecified atom stereocenters. The first-order valence-corrected chi connectivity index (χ1v) is 10.8. The van der Waals surface area contributed by atoms with Gasteiger partial charge in [-0.3, -0.25) is 9.67 Å². The second-order valence-corrected chi connectivity index (χ2v) is 9.13. The first-order chi connectivity index (χ1) is 13.7. The minimum atomic E-state index is -0.455. The molecule has 29 heavy (non-hydrogen) atoms. The summed E-state index contributed by atoms with van der Waals surface area (Å²) < 4.78 is 7.55. The SMILES string of the molecule is CCNC(=NCCn1cc(C)cn1)NC1CC2CCC(C1)N2C(=O)OC(C)(C)C. The number of piperidine rings is 1. The van der Waals surface area contributed by atoms with E-state index in [2.05, 4.69) is 22.7 Å². The third kappa shape index (κ3) is 5.87. The summed E-state index contributed by atoms with van der Waals surface area (Å²) >= 11 is 0. The van der Waals surface area contributed by atoms with Gasteiger partial charge in [0.1, 0.15) is 5.60 Å². The quantitative estimate of drug-likeness (QED) is 0.582. The second kappa shape index (κ2) is 9.05. The van der Waals surface area contributed by atoms with Crippen LogP contribution in [0.1, 0.15) is 58.9 Å². The highest BCUT2D eigenvalue weighted by atomic mass is 16.6. The number of amides is 1.